The number of aryl methyl sites for hydroxylation is 1. The third kappa shape index (κ3) is 3.13. The van der Waals surface area contributed by atoms with Gasteiger partial charge >= 0.3 is 0 Å². The minimum Gasteiger partial charge on any atom is -0.349 e. The quantitative estimate of drug-likeness (QED) is 0.616. The highest BCUT2D eigenvalue weighted by atomic mass is 35.5. The maximum atomic E-state index is 6.33. The lowest BCUT2D eigenvalue weighted by Gasteiger charge is -2.59. The van der Waals surface area contributed by atoms with Gasteiger partial charge in [-0.3, -0.25) is 0 Å². The van der Waals surface area contributed by atoms with Crippen LogP contribution in [0.3, 0.4) is 0 Å². The first-order chi connectivity index (χ1) is 13.5. The van der Waals surface area contributed by atoms with Crippen molar-refractivity contribution in [2.45, 2.75) is 76.5 Å². The van der Waals surface area contributed by atoms with E-state index >= 15 is 0 Å². The molecule has 1 aromatic rings. The third-order valence-electron chi connectivity index (χ3n) is 7.74. The highest BCUT2D eigenvalue weighted by Gasteiger charge is 2.68. The standard InChI is InChI=1S/C23H31ClO4/c1-15-9-10-20-17(7-3-5-16-6-4-8-18(24)13-16)14-25-21-23(20)19(15)11-12-22(2,26-21)27-28-23/h4,6,8,13,15,17,19-21H,3,5,7,9-12,14H2,1-2H3/t15-,17+,19+,20+,21-,22-,23-/m1/s1. The third-order valence-corrected chi connectivity index (χ3v) is 7.97. The summed E-state index contributed by atoms with van der Waals surface area (Å²) in [7, 11) is 0. The lowest BCUT2D eigenvalue weighted by atomic mass is 9.57. The molecule has 7 atom stereocenters. The highest BCUT2D eigenvalue weighted by molar-refractivity contribution is 6.30. The zero-order valence-corrected chi connectivity index (χ0v) is 17.6. The van der Waals surface area contributed by atoms with E-state index in [1.807, 2.05) is 19.1 Å². The van der Waals surface area contributed by atoms with Crippen LogP contribution in [-0.4, -0.2) is 24.3 Å². The Hall–Kier alpha value is -0.650. The predicted octanol–water partition coefficient (Wildman–Crippen LogP) is 5.52. The molecule has 5 fully saturated rings. The first-order valence-corrected chi connectivity index (χ1v) is 11.3. The van der Waals surface area contributed by atoms with Gasteiger partial charge < -0.3 is 9.47 Å². The zero-order chi connectivity index (χ0) is 19.4. The van der Waals surface area contributed by atoms with Gasteiger partial charge in [-0.25, -0.2) is 9.78 Å². The Morgan fingerprint density at radius 2 is 2.04 bits per heavy atom. The van der Waals surface area contributed by atoms with Gasteiger partial charge in [0.2, 0.25) is 5.79 Å². The van der Waals surface area contributed by atoms with Gasteiger partial charge in [-0.15, -0.1) is 0 Å². The van der Waals surface area contributed by atoms with E-state index in [9.17, 15) is 0 Å². The average molecular weight is 407 g/mol. The van der Waals surface area contributed by atoms with Gasteiger partial charge in [0.15, 0.2) is 11.9 Å². The van der Waals surface area contributed by atoms with Gasteiger partial charge in [0, 0.05) is 17.4 Å². The van der Waals surface area contributed by atoms with Crippen LogP contribution in [0, 0.1) is 23.7 Å². The van der Waals surface area contributed by atoms with E-state index in [0.717, 1.165) is 43.7 Å². The minimum atomic E-state index is -0.670. The maximum Gasteiger partial charge on any atom is 0.201 e. The molecule has 6 rings (SSSR count). The molecule has 1 aliphatic carbocycles. The van der Waals surface area contributed by atoms with Gasteiger partial charge in [0.25, 0.3) is 0 Å². The summed E-state index contributed by atoms with van der Waals surface area (Å²) in [6.45, 7) is 5.10. The lowest BCUT2D eigenvalue weighted by molar-refractivity contribution is -0.567. The van der Waals surface area contributed by atoms with E-state index < -0.39 is 11.4 Å². The van der Waals surface area contributed by atoms with E-state index in [-0.39, 0.29) is 6.29 Å². The van der Waals surface area contributed by atoms with Crippen molar-refractivity contribution < 1.29 is 19.2 Å². The zero-order valence-electron chi connectivity index (χ0n) is 16.9. The molecule has 154 valence electrons. The van der Waals surface area contributed by atoms with Crippen molar-refractivity contribution in [3.8, 4) is 0 Å². The van der Waals surface area contributed by atoms with Crippen molar-refractivity contribution in [1.82, 2.24) is 0 Å². The van der Waals surface area contributed by atoms with Crippen LogP contribution >= 0.6 is 11.6 Å². The molecule has 0 amide bonds. The summed E-state index contributed by atoms with van der Waals surface area (Å²) in [6.07, 6.45) is 7.40. The lowest BCUT2D eigenvalue weighted by Crippen LogP contribution is -2.69. The minimum absolute atomic E-state index is 0.296. The van der Waals surface area contributed by atoms with E-state index in [1.165, 1.54) is 18.4 Å². The molecule has 0 N–H and O–H groups in total. The van der Waals surface area contributed by atoms with Crippen molar-refractivity contribution in [1.29, 1.82) is 0 Å². The summed E-state index contributed by atoms with van der Waals surface area (Å²) < 4.78 is 12.7. The Morgan fingerprint density at radius 1 is 1.14 bits per heavy atom. The van der Waals surface area contributed by atoms with Crippen molar-refractivity contribution in [2.75, 3.05) is 6.61 Å². The molecule has 4 heterocycles. The Labute approximate surface area is 172 Å². The smallest absolute Gasteiger partial charge is 0.201 e. The maximum absolute atomic E-state index is 6.33. The van der Waals surface area contributed by atoms with Gasteiger partial charge in [0.1, 0.15) is 0 Å². The molecule has 1 aromatic carbocycles. The van der Waals surface area contributed by atoms with Gasteiger partial charge in [-0.05, 0) is 80.9 Å². The summed E-state index contributed by atoms with van der Waals surface area (Å²) in [5, 5.41) is 0.816. The SMILES string of the molecule is C[C@@H]1CC[C@H]2[C@@H](CCCc3cccc(Cl)c3)CO[C@@H]3O[C@@]4(C)CC[C@@H]1[C@]32OO4. The summed E-state index contributed by atoms with van der Waals surface area (Å²) in [5.41, 5.74) is 0.869. The Morgan fingerprint density at radius 3 is 2.89 bits per heavy atom. The molecule has 4 saturated heterocycles. The second kappa shape index (κ2) is 7.24. The second-order valence-corrected chi connectivity index (χ2v) is 9.96. The van der Waals surface area contributed by atoms with Crippen molar-refractivity contribution >= 4 is 11.6 Å². The molecular formula is C23H31ClO4. The number of ether oxygens (including phenoxy) is 2. The summed E-state index contributed by atoms with van der Waals surface area (Å²) in [4.78, 5) is 12.1. The largest absolute Gasteiger partial charge is 0.349 e. The topological polar surface area (TPSA) is 36.9 Å². The molecular weight excluding hydrogens is 376 g/mol. The van der Waals surface area contributed by atoms with Gasteiger partial charge in [-0.1, -0.05) is 30.7 Å². The van der Waals surface area contributed by atoms with Crippen molar-refractivity contribution in [3.05, 3.63) is 34.9 Å². The molecule has 2 bridgehead atoms. The van der Waals surface area contributed by atoms with Crippen molar-refractivity contribution in [2.24, 2.45) is 23.7 Å². The van der Waals surface area contributed by atoms with Crippen LogP contribution in [0.1, 0.15) is 57.9 Å². The van der Waals surface area contributed by atoms with Gasteiger partial charge in [-0.2, -0.15) is 0 Å². The molecule has 1 spiro atoms. The monoisotopic (exact) mass is 406 g/mol. The molecule has 0 aromatic heterocycles. The fourth-order valence-corrected chi connectivity index (χ4v) is 6.48. The second-order valence-electron chi connectivity index (χ2n) is 9.53. The Balaban J connectivity index is 1.34. The molecule has 5 heteroatoms. The first-order valence-electron chi connectivity index (χ1n) is 10.9. The van der Waals surface area contributed by atoms with Crippen LogP contribution in [0.2, 0.25) is 5.02 Å². The average Bonchev–Trinajstić information content (AvgIpc) is 2.90. The molecule has 0 unspecified atom stereocenters. The number of rotatable bonds is 4. The fourth-order valence-electron chi connectivity index (χ4n) is 6.27. The molecule has 4 nitrogen and oxygen atoms in total. The van der Waals surface area contributed by atoms with Gasteiger partial charge in [0.05, 0.1) is 6.61 Å². The Bertz CT molecular complexity index is 726. The predicted molar refractivity (Wildman–Crippen MR) is 107 cm³/mol. The summed E-state index contributed by atoms with van der Waals surface area (Å²) in [6, 6.07) is 8.20. The molecule has 0 radical (unpaired) electrons. The van der Waals surface area contributed by atoms with Crippen LogP contribution in [-0.2, 0) is 25.7 Å². The van der Waals surface area contributed by atoms with Crippen molar-refractivity contribution in [3.63, 3.8) is 0 Å². The van der Waals surface area contributed by atoms with E-state index in [1.54, 1.807) is 0 Å². The number of benzene rings is 1. The number of hydrogen-bond acceptors (Lipinski definition) is 4. The molecule has 5 aliphatic rings. The van der Waals surface area contributed by atoms with Crippen LogP contribution in [0.4, 0.5) is 0 Å². The van der Waals surface area contributed by atoms with E-state index in [2.05, 4.69) is 19.1 Å². The molecule has 4 aliphatic heterocycles. The van der Waals surface area contributed by atoms with Crippen LogP contribution < -0.4 is 0 Å². The van der Waals surface area contributed by atoms with E-state index in [0.29, 0.717) is 23.7 Å². The van der Waals surface area contributed by atoms with Crippen LogP contribution in [0.25, 0.3) is 0 Å². The molecule has 1 saturated carbocycles. The first kappa shape index (κ1) is 19.3. The normalized spacial score (nSPS) is 44.8. The number of halogens is 1. The van der Waals surface area contributed by atoms with Crippen LogP contribution in [0.15, 0.2) is 24.3 Å². The van der Waals surface area contributed by atoms with E-state index in [4.69, 9.17) is 30.8 Å². The van der Waals surface area contributed by atoms with Crippen LogP contribution in [0.5, 0.6) is 0 Å². The Kier molecular flexibility index (Phi) is 5.00. The number of hydrogen-bond donors (Lipinski definition) is 0. The summed E-state index contributed by atoms with van der Waals surface area (Å²) >= 11 is 6.14. The highest BCUT2D eigenvalue weighted by Crippen LogP contribution is 2.60. The molecule has 28 heavy (non-hydrogen) atoms. The summed E-state index contributed by atoms with van der Waals surface area (Å²) in [5.74, 6) is 1.31. The fraction of sp³-hybridized carbons (Fsp3) is 0.739. The number of fused-ring (bicyclic) bond motifs is 2.